The third-order valence-electron chi connectivity index (χ3n) is 5.96. The van der Waals surface area contributed by atoms with Crippen LogP contribution in [0, 0.1) is 5.41 Å². The number of H-pyrrole nitrogens is 1. The van der Waals surface area contributed by atoms with Crippen LogP contribution in [0.3, 0.4) is 0 Å². The van der Waals surface area contributed by atoms with E-state index in [-0.39, 0.29) is 16.9 Å². The lowest BCUT2D eigenvalue weighted by Gasteiger charge is -2.37. The SMILES string of the molecule is CC(C)(CC(O)(CNc1ccc2[nH]ccc(=O)c2c1)C(F)(F)F)C1=COC(c2ccccc2Br)O1. The van der Waals surface area contributed by atoms with E-state index in [0.717, 1.165) is 4.47 Å². The first kappa shape index (κ1) is 25.1. The van der Waals surface area contributed by atoms with E-state index in [4.69, 9.17) is 9.47 Å². The van der Waals surface area contributed by atoms with E-state index in [1.54, 1.807) is 44.2 Å². The highest BCUT2D eigenvalue weighted by atomic mass is 79.9. The summed E-state index contributed by atoms with van der Waals surface area (Å²) < 4.78 is 54.4. The summed E-state index contributed by atoms with van der Waals surface area (Å²) in [5.41, 5.74) is -3.05. The topological polar surface area (TPSA) is 83.6 Å². The number of rotatable bonds is 7. The van der Waals surface area contributed by atoms with Gasteiger partial charge in [-0.25, -0.2) is 0 Å². The molecule has 0 spiro atoms. The molecular weight excluding hydrogens is 529 g/mol. The summed E-state index contributed by atoms with van der Waals surface area (Å²) >= 11 is 3.41. The van der Waals surface area contributed by atoms with Gasteiger partial charge in [-0.15, -0.1) is 0 Å². The molecule has 0 radical (unpaired) electrons. The lowest BCUT2D eigenvalue weighted by molar-refractivity contribution is -0.263. The molecule has 0 saturated carbocycles. The van der Waals surface area contributed by atoms with Crippen molar-refractivity contribution in [1.82, 2.24) is 4.98 Å². The van der Waals surface area contributed by atoms with E-state index in [1.165, 1.54) is 24.6 Å². The van der Waals surface area contributed by atoms with Crippen molar-refractivity contribution in [2.24, 2.45) is 5.41 Å². The molecular formula is C25H24BrF3N2O4. The number of hydrogen-bond donors (Lipinski definition) is 3. The maximum Gasteiger partial charge on any atom is 0.418 e. The standard InChI is InChI=1S/C25H24BrF3N2O4/c1-23(2,21-12-34-22(35-21)16-5-3-4-6-18(16)26)13-24(33,25(27,28)29)14-31-15-7-8-19-17(11-15)20(32)9-10-30-19/h3-12,22,31,33H,13-14H2,1-2H3,(H,30,32). The molecule has 2 unspecified atom stereocenters. The Balaban J connectivity index is 1.51. The Morgan fingerprint density at radius 1 is 1.14 bits per heavy atom. The van der Waals surface area contributed by atoms with Gasteiger partial charge in [0.1, 0.15) is 12.0 Å². The van der Waals surface area contributed by atoms with Gasteiger partial charge < -0.3 is 24.9 Å². The van der Waals surface area contributed by atoms with Gasteiger partial charge in [-0.3, -0.25) is 4.79 Å². The fraction of sp³-hybridized carbons (Fsp3) is 0.320. The second-order valence-corrected chi connectivity index (χ2v) is 9.99. The molecule has 0 amide bonds. The Kier molecular flexibility index (Phi) is 6.63. The van der Waals surface area contributed by atoms with Gasteiger partial charge in [-0.1, -0.05) is 48.0 Å². The molecule has 6 nitrogen and oxygen atoms in total. The number of hydrogen-bond acceptors (Lipinski definition) is 5. The van der Waals surface area contributed by atoms with E-state index < -0.39 is 36.4 Å². The summed E-state index contributed by atoms with van der Waals surface area (Å²) in [4.78, 5) is 15.0. The first-order valence-corrected chi connectivity index (χ1v) is 11.6. The summed E-state index contributed by atoms with van der Waals surface area (Å²) in [5.74, 6) is 0.193. The Labute approximate surface area is 207 Å². The third-order valence-corrected chi connectivity index (χ3v) is 6.69. The van der Waals surface area contributed by atoms with Gasteiger partial charge in [0.25, 0.3) is 6.29 Å². The molecule has 1 aliphatic rings. The number of nitrogens with one attached hydrogen (secondary N) is 2. The number of alkyl halides is 3. The van der Waals surface area contributed by atoms with E-state index >= 15 is 0 Å². The maximum absolute atomic E-state index is 14.1. The fourth-order valence-electron chi connectivity index (χ4n) is 4.03. The highest BCUT2D eigenvalue weighted by Crippen LogP contribution is 2.47. The molecule has 0 bridgehead atoms. The fourth-order valence-corrected chi connectivity index (χ4v) is 4.50. The van der Waals surface area contributed by atoms with Gasteiger partial charge in [0.15, 0.2) is 11.0 Å². The highest BCUT2D eigenvalue weighted by Gasteiger charge is 2.57. The zero-order valence-electron chi connectivity index (χ0n) is 18.9. The summed E-state index contributed by atoms with van der Waals surface area (Å²) in [6.07, 6.45) is -3.65. The maximum atomic E-state index is 14.1. The number of aromatic nitrogens is 1. The van der Waals surface area contributed by atoms with Gasteiger partial charge in [-0.05, 0) is 30.7 Å². The normalized spacial score (nSPS) is 17.9. The monoisotopic (exact) mass is 552 g/mol. The number of aromatic amines is 1. The quantitative estimate of drug-likeness (QED) is 0.335. The molecule has 0 aliphatic carbocycles. The Morgan fingerprint density at radius 3 is 2.60 bits per heavy atom. The minimum Gasteiger partial charge on any atom is -0.455 e. The average molecular weight is 553 g/mol. The molecule has 3 N–H and O–H groups in total. The molecule has 0 fully saturated rings. The van der Waals surface area contributed by atoms with Crippen LogP contribution in [0.1, 0.15) is 32.1 Å². The van der Waals surface area contributed by atoms with Crippen molar-refractivity contribution in [1.29, 1.82) is 0 Å². The predicted octanol–water partition coefficient (Wildman–Crippen LogP) is 6.00. The zero-order valence-corrected chi connectivity index (χ0v) is 20.5. The Morgan fingerprint density at radius 2 is 1.89 bits per heavy atom. The highest BCUT2D eigenvalue weighted by molar-refractivity contribution is 9.10. The van der Waals surface area contributed by atoms with E-state index in [1.807, 2.05) is 6.07 Å². The second-order valence-electron chi connectivity index (χ2n) is 9.14. The average Bonchev–Trinajstić information content (AvgIpc) is 3.29. The van der Waals surface area contributed by atoms with E-state index in [0.29, 0.717) is 16.5 Å². The van der Waals surface area contributed by atoms with Gasteiger partial charge >= 0.3 is 6.18 Å². The van der Waals surface area contributed by atoms with Gasteiger partial charge in [-0.2, -0.15) is 13.2 Å². The summed E-state index contributed by atoms with van der Waals surface area (Å²) in [5, 5.41) is 13.8. The number of pyridine rings is 1. The number of halogens is 4. The van der Waals surface area contributed by atoms with Crippen LogP contribution in [0.25, 0.3) is 10.9 Å². The number of fused-ring (bicyclic) bond motifs is 1. The molecule has 2 aromatic carbocycles. The van der Waals surface area contributed by atoms with Crippen molar-refractivity contribution in [2.45, 2.75) is 38.3 Å². The van der Waals surface area contributed by atoms with Crippen LogP contribution in [0.4, 0.5) is 18.9 Å². The number of anilines is 1. The largest absolute Gasteiger partial charge is 0.455 e. The first-order chi connectivity index (χ1) is 16.4. The van der Waals surface area contributed by atoms with Crippen LogP contribution in [0.2, 0.25) is 0 Å². The number of benzene rings is 2. The first-order valence-electron chi connectivity index (χ1n) is 10.8. The number of allylic oxidation sites excluding steroid dienone is 1. The van der Waals surface area contributed by atoms with Crippen molar-refractivity contribution < 1.29 is 27.8 Å². The van der Waals surface area contributed by atoms with Gasteiger partial charge in [0.05, 0.1) is 6.54 Å². The van der Waals surface area contributed by atoms with Crippen LogP contribution in [0.5, 0.6) is 0 Å². The Bertz CT molecular complexity index is 1320. The summed E-state index contributed by atoms with van der Waals surface area (Å²) in [6.45, 7) is 2.28. The molecule has 35 heavy (non-hydrogen) atoms. The zero-order chi connectivity index (χ0) is 25.4. The van der Waals surface area contributed by atoms with Crippen molar-refractivity contribution in [2.75, 3.05) is 11.9 Å². The molecule has 0 saturated heterocycles. The van der Waals surface area contributed by atoms with Crippen LogP contribution in [0.15, 0.2) is 76.0 Å². The molecule has 1 aliphatic heterocycles. The Hall–Kier alpha value is -2.98. The summed E-state index contributed by atoms with van der Waals surface area (Å²) in [7, 11) is 0. The molecule has 186 valence electrons. The van der Waals surface area contributed by atoms with Crippen LogP contribution < -0.4 is 10.7 Å². The third kappa shape index (κ3) is 5.18. The molecule has 1 aromatic heterocycles. The van der Waals surface area contributed by atoms with Crippen molar-refractivity contribution in [3.05, 3.63) is 87.0 Å². The lowest BCUT2D eigenvalue weighted by Crippen LogP contribution is -2.53. The van der Waals surface area contributed by atoms with Crippen molar-refractivity contribution in [3.8, 4) is 0 Å². The minimum atomic E-state index is -4.94. The number of aliphatic hydroxyl groups is 1. The molecule has 10 heteroatoms. The van der Waals surface area contributed by atoms with E-state index in [9.17, 15) is 23.1 Å². The number of ether oxygens (including phenoxy) is 2. The van der Waals surface area contributed by atoms with Crippen LogP contribution in [-0.2, 0) is 9.47 Å². The van der Waals surface area contributed by atoms with Gasteiger partial charge in [0, 0.05) is 44.3 Å². The van der Waals surface area contributed by atoms with Gasteiger partial charge in [0.2, 0.25) is 0 Å². The smallest absolute Gasteiger partial charge is 0.418 e. The minimum absolute atomic E-state index is 0.193. The molecule has 3 aromatic rings. The van der Waals surface area contributed by atoms with Crippen molar-refractivity contribution >= 4 is 32.5 Å². The molecule has 4 rings (SSSR count). The predicted molar refractivity (Wildman–Crippen MR) is 130 cm³/mol. The van der Waals surface area contributed by atoms with Crippen LogP contribution in [-0.4, -0.2) is 28.4 Å². The van der Waals surface area contributed by atoms with Crippen molar-refractivity contribution in [3.63, 3.8) is 0 Å². The second kappa shape index (κ2) is 9.23. The van der Waals surface area contributed by atoms with E-state index in [2.05, 4.69) is 26.2 Å². The van der Waals surface area contributed by atoms with Crippen LogP contribution >= 0.6 is 15.9 Å². The molecule has 2 heterocycles. The summed E-state index contributed by atoms with van der Waals surface area (Å²) in [6, 6.07) is 13.1. The molecule has 2 atom stereocenters. The lowest BCUT2D eigenvalue weighted by atomic mass is 9.78.